The minimum Gasteiger partial charge on any atom is -0.393 e. The van der Waals surface area contributed by atoms with Crippen LogP contribution in [0.2, 0.25) is 0 Å². The molecule has 0 heterocycles. The molecule has 1 unspecified atom stereocenters. The average Bonchev–Trinajstić information content (AvgIpc) is 2.29. The van der Waals surface area contributed by atoms with Crippen molar-refractivity contribution in [1.82, 2.24) is 0 Å². The van der Waals surface area contributed by atoms with Gasteiger partial charge in [0.25, 0.3) is 0 Å². The van der Waals surface area contributed by atoms with Crippen molar-refractivity contribution in [2.45, 2.75) is 45.6 Å². The summed E-state index contributed by atoms with van der Waals surface area (Å²) >= 11 is 0. The molecule has 4 atom stereocenters. The Bertz CT molecular complexity index is 344. The summed E-state index contributed by atoms with van der Waals surface area (Å²) in [5, 5.41) is 10.2. The maximum atomic E-state index is 10.2. The first kappa shape index (κ1) is 12.6. The smallest absolute Gasteiger partial charge is 0.0573 e. The highest BCUT2D eigenvalue weighted by molar-refractivity contribution is 5.21. The van der Waals surface area contributed by atoms with Crippen LogP contribution in [0.1, 0.15) is 45.1 Å². The Hall–Kier alpha value is -0.820. The zero-order valence-electron chi connectivity index (χ0n) is 11.1. The lowest BCUT2D eigenvalue weighted by Crippen LogP contribution is -2.36. The van der Waals surface area contributed by atoms with Crippen LogP contribution in [-0.4, -0.2) is 11.2 Å². The monoisotopic (exact) mass is 232 g/mol. The lowest BCUT2D eigenvalue weighted by molar-refractivity contribution is 0.0164. The molecule has 0 radical (unpaired) electrons. The molecule has 2 rings (SSSR count). The Balaban J connectivity index is 2.17. The van der Waals surface area contributed by atoms with Crippen LogP contribution in [-0.2, 0) is 0 Å². The fourth-order valence-corrected chi connectivity index (χ4v) is 3.28. The summed E-state index contributed by atoms with van der Waals surface area (Å²) in [4.78, 5) is 0. The second-order valence-electron chi connectivity index (χ2n) is 5.94. The first-order chi connectivity index (χ1) is 8.09. The van der Waals surface area contributed by atoms with E-state index < -0.39 is 0 Å². The summed E-state index contributed by atoms with van der Waals surface area (Å²) in [6.07, 6.45) is 1.97. The van der Waals surface area contributed by atoms with Crippen molar-refractivity contribution in [2.24, 2.45) is 17.8 Å². The highest BCUT2D eigenvalue weighted by Crippen LogP contribution is 2.42. The highest BCUT2D eigenvalue weighted by Gasteiger charge is 2.35. The van der Waals surface area contributed by atoms with Gasteiger partial charge < -0.3 is 5.11 Å². The van der Waals surface area contributed by atoms with Crippen molar-refractivity contribution < 1.29 is 5.11 Å². The molecule has 0 amide bonds. The fourth-order valence-electron chi connectivity index (χ4n) is 3.28. The standard InChI is InChI=1S/C16H24O/c1-11(2)14-10-15(12(3)9-16(14)17)13-7-5-4-6-8-13/h4-8,11-12,14-17H,9-10H2,1-3H3/t12-,14+,15?,16-/m1/s1. The van der Waals surface area contributed by atoms with Crippen molar-refractivity contribution in [2.75, 3.05) is 0 Å². The van der Waals surface area contributed by atoms with Crippen LogP contribution in [0.5, 0.6) is 0 Å². The maximum Gasteiger partial charge on any atom is 0.0573 e. The van der Waals surface area contributed by atoms with Crippen LogP contribution in [0.3, 0.4) is 0 Å². The molecule has 1 nitrogen and oxygen atoms in total. The number of rotatable bonds is 2. The fraction of sp³-hybridized carbons (Fsp3) is 0.625. The molecule has 1 aromatic rings. The molecule has 0 aromatic heterocycles. The van der Waals surface area contributed by atoms with Gasteiger partial charge in [-0.05, 0) is 42.1 Å². The number of aliphatic hydroxyl groups excluding tert-OH is 1. The Morgan fingerprint density at radius 1 is 1.12 bits per heavy atom. The topological polar surface area (TPSA) is 20.2 Å². The van der Waals surface area contributed by atoms with E-state index in [2.05, 4.69) is 51.1 Å². The lowest BCUT2D eigenvalue weighted by Gasteiger charge is -2.40. The van der Waals surface area contributed by atoms with Crippen LogP contribution in [0.4, 0.5) is 0 Å². The van der Waals surface area contributed by atoms with Gasteiger partial charge in [0.2, 0.25) is 0 Å². The number of hydrogen-bond donors (Lipinski definition) is 1. The van der Waals surface area contributed by atoms with Crippen molar-refractivity contribution in [3.63, 3.8) is 0 Å². The van der Waals surface area contributed by atoms with Gasteiger partial charge in [0, 0.05) is 0 Å². The van der Waals surface area contributed by atoms with Crippen molar-refractivity contribution in [3.8, 4) is 0 Å². The van der Waals surface area contributed by atoms with Gasteiger partial charge in [-0.1, -0.05) is 51.1 Å². The van der Waals surface area contributed by atoms with Crippen LogP contribution in [0, 0.1) is 17.8 Å². The molecule has 1 fully saturated rings. The van der Waals surface area contributed by atoms with E-state index in [0.29, 0.717) is 23.7 Å². The van der Waals surface area contributed by atoms with Gasteiger partial charge in [-0.2, -0.15) is 0 Å². The van der Waals surface area contributed by atoms with Crippen LogP contribution < -0.4 is 0 Å². The van der Waals surface area contributed by atoms with E-state index in [9.17, 15) is 5.11 Å². The average molecular weight is 232 g/mol. The number of aliphatic hydroxyl groups is 1. The van der Waals surface area contributed by atoms with Crippen molar-refractivity contribution in [3.05, 3.63) is 35.9 Å². The third-order valence-electron chi connectivity index (χ3n) is 4.40. The molecule has 1 aliphatic carbocycles. The van der Waals surface area contributed by atoms with Gasteiger partial charge in [-0.15, -0.1) is 0 Å². The van der Waals surface area contributed by atoms with Crippen LogP contribution in [0.15, 0.2) is 30.3 Å². The zero-order valence-corrected chi connectivity index (χ0v) is 11.1. The Kier molecular flexibility index (Phi) is 3.88. The molecule has 1 saturated carbocycles. The molecule has 17 heavy (non-hydrogen) atoms. The van der Waals surface area contributed by atoms with Crippen molar-refractivity contribution in [1.29, 1.82) is 0 Å². The summed E-state index contributed by atoms with van der Waals surface area (Å²) in [6.45, 7) is 6.73. The minimum atomic E-state index is -0.107. The third-order valence-corrected chi connectivity index (χ3v) is 4.40. The molecular weight excluding hydrogens is 208 g/mol. The molecule has 0 saturated heterocycles. The molecule has 0 aliphatic heterocycles. The minimum absolute atomic E-state index is 0.107. The maximum absolute atomic E-state index is 10.2. The molecule has 0 spiro atoms. The van der Waals surface area contributed by atoms with Crippen molar-refractivity contribution >= 4 is 0 Å². The molecular formula is C16H24O. The summed E-state index contributed by atoms with van der Waals surface area (Å²) in [5.74, 6) is 2.23. The molecule has 1 N–H and O–H groups in total. The van der Waals surface area contributed by atoms with Gasteiger partial charge in [0.15, 0.2) is 0 Å². The van der Waals surface area contributed by atoms with Gasteiger partial charge in [-0.3, -0.25) is 0 Å². The van der Waals surface area contributed by atoms with E-state index in [0.717, 1.165) is 12.8 Å². The Morgan fingerprint density at radius 3 is 2.35 bits per heavy atom. The normalized spacial score (nSPS) is 33.9. The summed E-state index contributed by atoms with van der Waals surface area (Å²) in [5.41, 5.74) is 1.44. The molecule has 94 valence electrons. The zero-order chi connectivity index (χ0) is 12.4. The highest BCUT2D eigenvalue weighted by atomic mass is 16.3. The van der Waals surface area contributed by atoms with E-state index in [1.807, 2.05) is 0 Å². The first-order valence-electron chi connectivity index (χ1n) is 6.82. The second kappa shape index (κ2) is 5.22. The summed E-state index contributed by atoms with van der Waals surface area (Å²) in [7, 11) is 0. The van der Waals surface area contributed by atoms with Gasteiger partial charge in [0.05, 0.1) is 6.10 Å². The quantitative estimate of drug-likeness (QED) is 0.821. The van der Waals surface area contributed by atoms with E-state index in [-0.39, 0.29) is 6.10 Å². The van der Waals surface area contributed by atoms with E-state index >= 15 is 0 Å². The summed E-state index contributed by atoms with van der Waals surface area (Å²) in [6, 6.07) is 10.8. The Labute approximate surface area is 105 Å². The Morgan fingerprint density at radius 2 is 1.76 bits per heavy atom. The molecule has 1 aliphatic rings. The van der Waals surface area contributed by atoms with Gasteiger partial charge >= 0.3 is 0 Å². The van der Waals surface area contributed by atoms with Crippen LogP contribution in [0.25, 0.3) is 0 Å². The van der Waals surface area contributed by atoms with Gasteiger partial charge in [-0.25, -0.2) is 0 Å². The van der Waals surface area contributed by atoms with Crippen LogP contribution >= 0.6 is 0 Å². The largest absolute Gasteiger partial charge is 0.393 e. The summed E-state index contributed by atoms with van der Waals surface area (Å²) < 4.78 is 0. The van der Waals surface area contributed by atoms with E-state index in [1.54, 1.807) is 0 Å². The van der Waals surface area contributed by atoms with E-state index in [1.165, 1.54) is 5.56 Å². The van der Waals surface area contributed by atoms with Gasteiger partial charge in [0.1, 0.15) is 0 Å². The molecule has 1 heteroatoms. The predicted octanol–water partition coefficient (Wildman–Crippen LogP) is 3.83. The molecule has 1 aromatic carbocycles. The predicted molar refractivity (Wildman–Crippen MR) is 71.9 cm³/mol. The number of hydrogen-bond acceptors (Lipinski definition) is 1. The van der Waals surface area contributed by atoms with E-state index in [4.69, 9.17) is 0 Å². The lowest BCUT2D eigenvalue weighted by atomic mass is 9.67. The third kappa shape index (κ3) is 2.71. The second-order valence-corrected chi connectivity index (χ2v) is 5.94. The molecule has 0 bridgehead atoms. The SMILES string of the molecule is CC(C)[C@@H]1CC(c2ccccc2)[C@H](C)C[C@H]1O. The first-order valence-corrected chi connectivity index (χ1v) is 6.82. The number of benzene rings is 1.